The minimum atomic E-state index is -0.950. The zero-order valence-corrected chi connectivity index (χ0v) is 17.1. The second-order valence-corrected chi connectivity index (χ2v) is 9.94. The molecule has 4 aliphatic carbocycles. The third-order valence-electron chi connectivity index (χ3n) is 8.97. The van der Waals surface area contributed by atoms with Gasteiger partial charge in [0.2, 0.25) is 0 Å². The largest absolute Gasteiger partial charge is 0.451 e. The molecule has 0 amide bonds. The number of ketones is 2. The van der Waals surface area contributed by atoms with E-state index in [1.54, 1.807) is 6.92 Å². The third kappa shape index (κ3) is 2.44. The van der Waals surface area contributed by atoms with Gasteiger partial charge in [-0.05, 0) is 81.1 Å². The van der Waals surface area contributed by atoms with Crippen LogP contribution >= 0.6 is 0 Å². The highest BCUT2D eigenvalue weighted by molar-refractivity contribution is 5.91. The zero-order valence-electron chi connectivity index (χ0n) is 17.1. The molecule has 0 aliphatic heterocycles. The molecule has 0 N–H and O–H groups in total. The van der Waals surface area contributed by atoms with Crippen molar-refractivity contribution in [2.24, 2.45) is 28.6 Å². The van der Waals surface area contributed by atoms with Crippen LogP contribution in [0.4, 0.5) is 0 Å². The highest BCUT2D eigenvalue weighted by atomic mass is 16.6. The number of hydrogen-bond acceptors (Lipinski definition) is 4. The maximum absolute atomic E-state index is 12.7. The maximum atomic E-state index is 12.7. The van der Waals surface area contributed by atoms with Gasteiger partial charge in [-0.25, -0.2) is 0 Å². The Labute approximate surface area is 162 Å². The van der Waals surface area contributed by atoms with Crippen LogP contribution in [0.25, 0.3) is 0 Å². The quantitative estimate of drug-likeness (QED) is 0.674. The summed E-state index contributed by atoms with van der Waals surface area (Å²) in [4.78, 5) is 36.5. The number of allylic oxidation sites excluding steroid dienone is 1. The van der Waals surface area contributed by atoms with Crippen molar-refractivity contribution >= 4 is 17.5 Å². The Kier molecular flexibility index (Phi) is 4.21. The topological polar surface area (TPSA) is 60.4 Å². The average molecular weight is 373 g/mol. The molecule has 0 bridgehead atoms. The van der Waals surface area contributed by atoms with Crippen molar-refractivity contribution in [3.63, 3.8) is 0 Å². The van der Waals surface area contributed by atoms with Gasteiger partial charge >= 0.3 is 5.97 Å². The Balaban J connectivity index is 1.70. The van der Waals surface area contributed by atoms with E-state index in [4.69, 9.17) is 4.74 Å². The number of hydrogen-bond donors (Lipinski definition) is 0. The van der Waals surface area contributed by atoms with Crippen molar-refractivity contribution in [3.05, 3.63) is 11.6 Å². The minimum absolute atomic E-state index is 0.00650. The van der Waals surface area contributed by atoms with Gasteiger partial charge in [-0.15, -0.1) is 0 Å². The van der Waals surface area contributed by atoms with Crippen LogP contribution in [0.3, 0.4) is 0 Å². The molecule has 3 saturated carbocycles. The highest BCUT2D eigenvalue weighted by Gasteiger charge is 2.67. The second kappa shape index (κ2) is 6.02. The number of esters is 1. The fourth-order valence-electron chi connectivity index (χ4n) is 7.62. The molecular formula is C23H32O4. The molecule has 6 atom stereocenters. The van der Waals surface area contributed by atoms with Gasteiger partial charge in [-0.1, -0.05) is 19.4 Å². The Bertz CT molecular complexity index is 737. The van der Waals surface area contributed by atoms with Crippen molar-refractivity contribution in [2.45, 2.75) is 84.7 Å². The maximum Gasteiger partial charge on any atom is 0.303 e. The second-order valence-electron chi connectivity index (χ2n) is 9.94. The van der Waals surface area contributed by atoms with E-state index in [9.17, 15) is 14.4 Å². The number of fused-ring (bicyclic) bond motifs is 5. The lowest BCUT2D eigenvalue weighted by Crippen LogP contribution is -2.58. The molecule has 0 aromatic rings. The van der Waals surface area contributed by atoms with E-state index in [1.165, 1.54) is 12.5 Å². The third-order valence-corrected chi connectivity index (χ3v) is 8.97. The van der Waals surface area contributed by atoms with Crippen LogP contribution in [-0.2, 0) is 19.1 Å². The van der Waals surface area contributed by atoms with E-state index >= 15 is 0 Å². The van der Waals surface area contributed by atoms with E-state index in [0.29, 0.717) is 30.6 Å². The lowest BCUT2D eigenvalue weighted by molar-refractivity contribution is -0.187. The van der Waals surface area contributed by atoms with E-state index < -0.39 is 5.60 Å². The van der Waals surface area contributed by atoms with Crippen LogP contribution < -0.4 is 0 Å². The molecular weight excluding hydrogens is 340 g/mol. The number of carbonyl (C=O) groups is 3. The molecule has 3 fully saturated rings. The summed E-state index contributed by atoms with van der Waals surface area (Å²) in [5.41, 5.74) is 0.266. The van der Waals surface area contributed by atoms with Gasteiger partial charge in [0.25, 0.3) is 0 Å². The molecule has 4 rings (SSSR count). The Morgan fingerprint density at radius 3 is 2.37 bits per heavy atom. The Morgan fingerprint density at radius 1 is 1.00 bits per heavy atom. The first-order chi connectivity index (χ1) is 12.6. The molecule has 0 heterocycles. The van der Waals surface area contributed by atoms with Gasteiger partial charge < -0.3 is 4.74 Å². The minimum Gasteiger partial charge on any atom is -0.451 e. The molecule has 4 aliphatic rings. The van der Waals surface area contributed by atoms with Crippen molar-refractivity contribution in [1.29, 1.82) is 0 Å². The van der Waals surface area contributed by atoms with Crippen molar-refractivity contribution in [3.8, 4) is 0 Å². The van der Waals surface area contributed by atoms with Crippen LogP contribution in [-0.4, -0.2) is 23.1 Å². The van der Waals surface area contributed by atoms with E-state index in [2.05, 4.69) is 13.8 Å². The Hall–Kier alpha value is -1.45. The molecule has 4 heteroatoms. The monoisotopic (exact) mass is 372 g/mol. The molecule has 0 saturated heterocycles. The van der Waals surface area contributed by atoms with E-state index in [-0.39, 0.29) is 28.4 Å². The molecule has 1 unspecified atom stereocenters. The first-order valence-electron chi connectivity index (χ1n) is 10.6. The molecule has 148 valence electrons. The molecule has 0 aromatic heterocycles. The van der Waals surface area contributed by atoms with E-state index in [1.807, 2.05) is 6.08 Å². The highest BCUT2D eigenvalue weighted by Crippen LogP contribution is 2.68. The number of rotatable bonds is 2. The van der Waals surface area contributed by atoms with Crippen molar-refractivity contribution in [1.82, 2.24) is 0 Å². The predicted molar refractivity (Wildman–Crippen MR) is 102 cm³/mol. The summed E-state index contributed by atoms with van der Waals surface area (Å²) in [6, 6.07) is 0. The number of Topliss-reactive ketones (excluding diaryl/α,β-unsaturated/α-hetero) is 1. The lowest BCUT2D eigenvalue weighted by Gasteiger charge is -2.59. The van der Waals surface area contributed by atoms with E-state index in [0.717, 1.165) is 38.5 Å². The van der Waals surface area contributed by atoms with Gasteiger partial charge in [0.05, 0.1) is 0 Å². The average Bonchev–Trinajstić information content (AvgIpc) is 2.89. The first kappa shape index (κ1) is 18.9. The number of ether oxygens (including phenoxy) is 1. The van der Waals surface area contributed by atoms with Crippen LogP contribution in [0, 0.1) is 28.6 Å². The standard InChI is InChI=1S/C23H32O4/c1-14(24)23(27-15(2)25)12-9-20-18-6-5-16-13-17(26)7-10-21(16,3)19(18)8-11-22(20,23)4/h13,18-20H,5-12H2,1-4H3/t18-,19+,20?,21+,22+,23+/m1/s1. The SMILES string of the molecule is CC(=O)O[C@]1(C(C)=O)CCC2[C@@H]3CCC4=CC(=O)CC[C@]4(C)[C@H]3CC[C@@]21C. The summed E-state index contributed by atoms with van der Waals surface area (Å²) >= 11 is 0. The number of carbonyl (C=O) groups excluding carboxylic acids is 3. The van der Waals surface area contributed by atoms with Gasteiger partial charge in [0.15, 0.2) is 17.2 Å². The summed E-state index contributed by atoms with van der Waals surface area (Å²) in [7, 11) is 0. The molecule has 27 heavy (non-hydrogen) atoms. The van der Waals surface area contributed by atoms with Gasteiger partial charge in [-0.2, -0.15) is 0 Å². The molecule has 4 nitrogen and oxygen atoms in total. The summed E-state index contributed by atoms with van der Waals surface area (Å²) in [5, 5.41) is 0. The first-order valence-corrected chi connectivity index (χ1v) is 10.6. The Morgan fingerprint density at radius 2 is 1.70 bits per heavy atom. The van der Waals surface area contributed by atoms with Crippen LogP contribution in [0.15, 0.2) is 11.6 Å². The summed E-state index contributed by atoms with van der Waals surface area (Å²) in [6.07, 6.45) is 9.23. The van der Waals surface area contributed by atoms with Crippen LogP contribution in [0.1, 0.15) is 79.1 Å². The molecule has 0 aromatic carbocycles. The molecule has 0 spiro atoms. The molecule has 0 radical (unpaired) electrons. The van der Waals surface area contributed by atoms with Gasteiger partial charge in [0, 0.05) is 18.8 Å². The summed E-state index contributed by atoms with van der Waals surface area (Å²) < 4.78 is 5.81. The van der Waals surface area contributed by atoms with Gasteiger partial charge in [0.1, 0.15) is 0 Å². The fourth-order valence-corrected chi connectivity index (χ4v) is 7.62. The van der Waals surface area contributed by atoms with Crippen molar-refractivity contribution < 1.29 is 19.1 Å². The smallest absolute Gasteiger partial charge is 0.303 e. The summed E-state index contributed by atoms with van der Waals surface area (Å²) in [6.45, 7) is 7.58. The van der Waals surface area contributed by atoms with Crippen molar-refractivity contribution in [2.75, 3.05) is 0 Å². The summed E-state index contributed by atoms with van der Waals surface area (Å²) in [5.74, 6) is 1.48. The lowest BCUT2D eigenvalue weighted by atomic mass is 9.46. The normalized spacial score (nSPS) is 46.0. The van der Waals surface area contributed by atoms with Gasteiger partial charge in [-0.3, -0.25) is 14.4 Å². The fraction of sp³-hybridized carbons (Fsp3) is 0.783. The van der Waals surface area contributed by atoms with Crippen LogP contribution in [0.2, 0.25) is 0 Å². The zero-order chi connectivity index (χ0) is 19.6. The predicted octanol–water partition coefficient (Wildman–Crippen LogP) is 4.41. The van der Waals surface area contributed by atoms with Crippen LogP contribution in [0.5, 0.6) is 0 Å².